The van der Waals surface area contributed by atoms with Crippen LogP contribution in [-0.4, -0.2) is 60.3 Å². The molecular weight excluding hydrogens is 368 g/mol. The molecule has 0 spiro atoms. The number of piperazine rings is 1. The highest BCUT2D eigenvalue weighted by atomic mass is 16.5. The van der Waals surface area contributed by atoms with Crippen molar-refractivity contribution < 1.29 is 19.4 Å². The van der Waals surface area contributed by atoms with E-state index in [9.17, 15) is 9.59 Å². The molecule has 0 saturated carbocycles. The molecular formula is C23H24N2O4. The Labute approximate surface area is 170 Å². The molecule has 0 aliphatic carbocycles. The van der Waals surface area contributed by atoms with Gasteiger partial charge in [-0.15, -0.1) is 0 Å². The summed E-state index contributed by atoms with van der Waals surface area (Å²) in [7, 11) is 1.38. The van der Waals surface area contributed by atoms with E-state index in [2.05, 4.69) is 16.7 Å². The first-order chi connectivity index (χ1) is 14.0. The van der Waals surface area contributed by atoms with Crippen LogP contribution in [0.15, 0.2) is 48.5 Å². The normalized spacial score (nSPS) is 14.0. The van der Waals surface area contributed by atoms with E-state index in [1.807, 2.05) is 48.5 Å². The Bertz CT molecular complexity index is 923. The van der Waals surface area contributed by atoms with Crippen molar-refractivity contribution in [2.45, 2.75) is 13.0 Å². The highest BCUT2D eigenvalue weighted by Crippen LogP contribution is 2.17. The molecule has 3 rings (SSSR count). The van der Waals surface area contributed by atoms with E-state index < -0.39 is 6.09 Å². The Hall–Kier alpha value is -3.30. The summed E-state index contributed by atoms with van der Waals surface area (Å²) >= 11 is 0. The summed E-state index contributed by atoms with van der Waals surface area (Å²) in [5.74, 6) is 6.15. The molecule has 1 heterocycles. The average molecular weight is 392 g/mol. The molecule has 1 saturated heterocycles. The van der Waals surface area contributed by atoms with E-state index in [-0.39, 0.29) is 12.4 Å². The smallest absolute Gasteiger partial charge is 0.407 e. The summed E-state index contributed by atoms with van der Waals surface area (Å²) in [5.41, 5.74) is 3.75. The average Bonchev–Trinajstić information content (AvgIpc) is 2.74. The van der Waals surface area contributed by atoms with E-state index >= 15 is 0 Å². The van der Waals surface area contributed by atoms with Gasteiger partial charge in [0.05, 0.1) is 13.5 Å². The second-order valence-electron chi connectivity index (χ2n) is 6.91. The van der Waals surface area contributed by atoms with Crippen LogP contribution in [0.4, 0.5) is 4.79 Å². The fraction of sp³-hybridized carbons (Fsp3) is 0.304. The summed E-state index contributed by atoms with van der Waals surface area (Å²) in [6.07, 6.45) is -0.665. The van der Waals surface area contributed by atoms with E-state index in [4.69, 9.17) is 9.84 Å². The van der Waals surface area contributed by atoms with E-state index in [0.29, 0.717) is 32.7 Å². The number of hydrogen-bond donors (Lipinski definition) is 1. The number of carbonyl (C=O) groups is 2. The number of rotatable bonds is 4. The fourth-order valence-electron chi connectivity index (χ4n) is 3.25. The molecule has 1 fully saturated rings. The van der Waals surface area contributed by atoms with Gasteiger partial charge in [0.25, 0.3) is 0 Å². The van der Waals surface area contributed by atoms with Crippen molar-refractivity contribution in [3.63, 3.8) is 0 Å². The van der Waals surface area contributed by atoms with Crippen LogP contribution in [0.2, 0.25) is 0 Å². The molecule has 0 radical (unpaired) electrons. The van der Waals surface area contributed by atoms with Crippen LogP contribution in [0.5, 0.6) is 0 Å². The number of ether oxygens (including phenoxy) is 1. The lowest BCUT2D eigenvalue weighted by Crippen LogP contribution is -2.47. The Morgan fingerprint density at radius 3 is 2.41 bits per heavy atom. The molecule has 6 nitrogen and oxygen atoms in total. The van der Waals surface area contributed by atoms with Gasteiger partial charge >= 0.3 is 12.1 Å². The van der Waals surface area contributed by atoms with Crippen LogP contribution >= 0.6 is 0 Å². The molecule has 6 heteroatoms. The zero-order chi connectivity index (χ0) is 20.6. The summed E-state index contributed by atoms with van der Waals surface area (Å²) in [4.78, 5) is 26.4. The Morgan fingerprint density at radius 1 is 1.03 bits per heavy atom. The second kappa shape index (κ2) is 9.76. The lowest BCUT2D eigenvalue weighted by molar-refractivity contribution is -0.139. The maximum atomic E-state index is 11.7. The first-order valence-electron chi connectivity index (χ1n) is 9.51. The third-order valence-electron chi connectivity index (χ3n) is 4.90. The first-order valence-corrected chi connectivity index (χ1v) is 9.51. The number of benzene rings is 2. The van der Waals surface area contributed by atoms with E-state index in [0.717, 1.165) is 22.3 Å². The van der Waals surface area contributed by atoms with Crippen LogP contribution in [0.1, 0.15) is 22.3 Å². The standard InChI is InChI=1S/C23H24N2O4/c1-29-22(26)16-19-8-10-20(9-7-18-5-3-2-4-6-18)21(15-19)17-24-11-13-25(14-12-24)23(27)28/h2-6,8,10,15H,11-14,16-17H2,1H3,(H,27,28). The van der Waals surface area contributed by atoms with Crippen molar-refractivity contribution in [3.8, 4) is 11.8 Å². The zero-order valence-corrected chi connectivity index (χ0v) is 16.4. The molecule has 1 aliphatic heterocycles. The van der Waals surface area contributed by atoms with Gasteiger partial charge in [-0.3, -0.25) is 9.69 Å². The molecule has 150 valence electrons. The Kier molecular flexibility index (Phi) is 6.88. The predicted molar refractivity (Wildman–Crippen MR) is 109 cm³/mol. The molecule has 0 unspecified atom stereocenters. The van der Waals surface area contributed by atoms with Crippen LogP contribution in [0, 0.1) is 11.8 Å². The van der Waals surface area contributed by atoms with E-state index in [1.165, 1.54) is 12.0 Å². The third-order valence-corrected chi connectivity index (χ3v) is 4.90. The number of methoxy groups -OCH3 is 1. The number of hydrogen-bond acceptors (Lipinski definition) is 4. The van der Waals surface area contributed by atoms with Crippen molar-refractivity contribution in [1.29, 1.82) is 0 Å². The fourth-order valence-corrected chi connectivity index (χ4v) is 3.25. The van der Waals surface area contributed by atoms with Crippen molar-refractivity contribution in [3.05, 3.63) is 70.8 Å². The monoisotopic (exact) mass is 392 g/mol. The summed E-state index contributed by atoms with van der Waals surface area (Å²) < 4.78 is 4.78. The first kappa shape index (κ1) is 20.4. The van der Waals surface area contributed by atoms with Crippen molar-refractivity contribution in [2.75, 3.05) is 33.3 Å². The Morgan fingerprint density at radius 2 is 1.76 bits per heavy atom. The summed E-state index contributed by atoms with van der Waals surface area (Å²) in [5, 5.41) is 9.13. The van der Waals surface area contributed by atoms with Gasteiger partial charge < -0.3 is 14.7 Å². The predicted octanol–water partition coefficient (Wildman–Crippen LogP) is 2.60. The van der Waals surface area contributed by atoms with Crippen molar-refractivity contribution >= 4 is 12.1 Å². The van der Waals surface area contributed by atoms with Crippen LogP contribution in [0.25, 0.3) is 0 Å². The van der Waals surface area contributed by atoms with Gasteiger partial charge in [0.1, 0.15) is 0 Å². The number of nitrogens with zero attached hydrogens (tertiary/aromatic N) is 2. The topological polar surface area (TPSA) is 70.1 Å². The minimum atomic E-state index is -0.876. The number of carboxylic acid groups (broad SMARTS) is 1. The Balaban J connectivity index is 1.81. The SMILES string of the molecule is COC(=O)Cc1ccc(C#Cc2ccccc2)c(CN2CCN(C(=O)O)CC2)c1. The quantitative estimate of drug-likeness (QED) is 0.640. The van der Waals surface area contributed by atoms with Gasteiger partial charge in [0.2, 0.25) is 0 Å². The lowest BCUT2D eigenvalue weighted by Gasteiger charge is -2.33. The highest BCUT2D eigenvalue weighted by molar-refractivity contribution is 5.72. The van der Waals surface area contributed by atoms with E-state index in [1.54, 1.807) is 0 Å². The van der Waals surface area contributed by atoms with Gasteiger partial charge in [0.15, 0.2) is 0 Å². The third kappa shape index (κ3) is 5.84. The molecule has 0 atom stereocenters. The summed E-state index contributed by atoms with van der Waals surface area (Å²) in [6.45, 7) is 2.96. The van der Waals surface area contributed by atoms with Gasteiger partial charge in [-0.2, -0.15) is 0 Å². The molecule has 29 heavy (non-hydrogen) atoms. The molecule has 0 bridgehead atoms. The van der Waals surface area contributed by atoms with Gasteiger partial charge in [-0.05, 0) is 29.3 Å². The molecule has 1 aliphatic rings. The highest BCUT2D eigenvalue weighted by Gasteiger charge is 2.21. The minimum absolute atomic E-state index is 0.211. The number of amides is 1. The molecule has 1 N–H and O–H groups in total. The molecule has 2 aromatic rings. The number of carbonyl (C=O) groups excluding carboxylic acids is 1. The molecule has 0 aromatic heterocycles. The molecule has 2 aromatic carbocycles. The lowest BCUT2D eigenvalue weighted by atomic mass is 10.0. The largest absolute Gasteiger partial charge is 0.469 e. The van der Waals surface area contributed by atoms with Crippen LogP contribution in [0.3, 0.4) is 0 Å². The maximum Gasteiger partial charge on any atom is 0.407 e. The van der Waals surface area contributed by atoms with Crippen molar-refractivity contribution in [2.24, 2.45) is 0 Å². The minimum Gasteiger partial charge on any atom is -0.469 e. The maximum absolute atomic E-state index is 11.7. The van der Waals surface area contributed by atoms with Crippen LogP contribution in [-0.2, 0) is 22.5 Å². The number of esters is 1. The van der Waals surface area contributed by atoms with Gasteiger partial charge in [-0.25, -0.2) is 4.79 Å². The zero-order valence-electron chi connectivity index (χ0n) is 16.4. The molecule has 1 amide bonds. The van der Waals surface area contributed by atoms with Gasteiger partial charge in [0, 0.05) is 43.9 Å². The second-order valence-corrected chi connectivity index (χ2v) is 6.91. The van der Waals surface area contributed by atoms with Crippen LogP contribution < -0.4 is 0 Å². The van der Waals surface area contributed by atoms with Gasteiger partial charge in [-0.1, -0.05) is 42.2 Å². The summed E-state index contributed by atoms with van der Waals surface area (Å²) in [6, 6.07) is 15.6. The van der Waals surface area contributed by atoms with Crippen molar-refractivity contribution in [1.82, 2.24) is 9.80 Å².